The fourth-order valence-electron chi connectivity index (χ4n) is 2.69. The van der Waals surface area contributed by atoms with Crippen LogP contribution in [0.2, 0.25) is 0 Å². The molecule has 1 aromatic rings. The van der Waals surface area contributed by atoms with E-state index in [9.17, 15) is 4.79 Å². The molecule has 1 rings (SSSR count). The first-order chi connectivity index (χ1) is 11.2. The van der Waals surface area contributed by atoms with E-state index in [4.69, 9.17) is 9.47 Å². The van der Waals surface area contributed by atoms with E-state index in [2.05, 4.69) is 12.2 Å². The van der Waals surface area contributed by atoms with Gasteiger partial charge in [-0.1, -0.05) is 39.0 Å². The van der Waals surface area contributed by atoms with Crippen LogP contribution in [0.5, 0.6) is 11.5 Å². The third-order valence-electron chi connectivity index (χ3n) is 3.98. The zero-order valence-corrected chi connectivity index (χ0v) is 15.0. The maximum atomic E-state index is 12.1. The highest BCUT2D eigenvalue weighted by molar-refractivity contribution is 5.97. The molecule has 0 aliphatic heterocycles. The molecule has 0 aliphatic carbocycles. The lowest BCUT2D eigenvalue weighted by Gasteiger charge is -2.14. The van der Waals surface area contributed by atoms with E-state index in [1.54, 1.807) is 20.3 Å². The zero-order chi connectivity index (χ0) is 17.1. The van der Waals surface area contributed by atoms with Gasteiger partial charge in [0.15, 0.2) is 0 Å². The highest BCUT2D eigenvalue weighted by atomic mass is 16.5. The molecule has 0 spiro atoms. The van der Waals surface area contributed by atoms with E-state index < -0.39 is 0 Å². The SMILES string of the molecule is CCCCCCCCc1cc(OC)c(C(=O)NCC)cc1OC. The average molecular weight is 321 g/mol. The summed E-state index contributed by atoms with van der Waals surface area (Å²) in [5.41, 5.74) is 1.63. The van der Waals surface area contributed by atoms with Crippen molar-refractivity contribution in [2.45, 2.75) is 58.8 Å². The molecular formula is C19H31NO3. The topological polar surface area (TPSA) is 47.6 Å². The number of benzene rings is 1. The Kier molecular flexibility index (Phi) is 9.18. The number of methoxy groups -OCH3 is 2. The number of nitrogens with one attached hydrogen (secondary N) is 1. The first kappa shape index (κ1) is 19.3. The Bertz CT molecular complexity index is 486. The van der Waals surface area contributed by atoms with Crippen molar-refractivity contribution < 1.29 is 14.3 Å². The van der Waals surface area contributed by atoms with Crippen molar-refractivity contribution in [3.8, 4) is 11.5 Å². The van der Waals surface area contributed by atoms with E-state index in [0.717, 1.165) is 24.2 Å². The van der Waals surface area contributed by atoms with Crippen molar-refractivity contribution in [3.63, 3.8) is 0 Å². The molecule has 0 bridgehead atoms. The second kappa shape index (κ2) is 10.9. The number of aryl methyl sites for hydroxylation is 1. The molecule has 0 atom stereocenters. The van der Waals surface area contributed by atoms with Crippen LogP contribution >= 0.6 is 0 Å². The van der Waals surface area contributed by atoms with Gasteiger partial charge in [0.05, 0.1) is 19.8 Å². The van der Waals surface area contributed by atoms with Gasteiger partial charge in [-0.2, -0.15) is 0 Å². The van der Waals surface area contributed by atoms with Gasteiger partial charge in [0.1, 0.15) is 11.5 Å². The summed E-state index contributed by atoms with van der Waals surface area (Å²) in [4.78, 5) is 12.1. The van der Waals surface area contributed by atoms with Gasteiger partial charge in [-0.3, -0.25) is 4.79 Å². The largest absolute Gasteiger partial charge is 0.496 e. The fraction of sp³-hybridized carbons (Fsp3) is 0.632. The van der Waals surface area contributed by atoms with Crippen LogP contribution in [0.3, 0.4) is 0 Å². The normalized spacial score (nSPS) is 10.4. The van der Waals surface area contributed by atoms with Crippen molar-refractivity contribution in [1.82, 2.24) is 5.32 Å². The molecule has 0 heterocycles. The summed E-state index contributed by atoms with van der Waals surface area (Å²) in [5, 5.41) is 2.80. The van der Waals surface area contributed by atoms with Gasteiger partial charge in [0.25, 0.3) is 5.91 Å². The molecule has 0 aliphatic rings. The van der Waals surface area contributed by atoms with Crippen molar-refractivity contribution in [3.05, 3.63) is 23.3 Å². The van der Waals surface area contributed by atoms with Crippen molar-refractivity contribution in [2.75, 3.05) is 20.8 Å². The summed E-state index contributed by atoms with van der Waals surface area (Å²) in [5.74, 6) is 1.24. The number of ether oxygens (including phenoxy) is 2. The number of amides is 1. The fourth-order valence-corrected chi connectivity index (χ4v) is 2.69. The molecule has 4 nitrogen and oxygen atoms in total. The van der Waals surface area contributed by atoms with E-state index >= 15 is 0 Å². The Hall–Kier alpha value is -1.71. The van der Waals surface area contributed by atoms with Crippen LogP contribution in [0.1, 0.15) is 68.3 Å². The summed E-state index contributed by atoms with van der Waals surface area (Å²) in [6, 6.07) is 3.73. The number of carbonyl (C=O) groups is 1. The predicted molar refractivity (Wildman–Crippen MR) is 94.6 cm³/mol. The van der Waals surface area contributed by atoms with Crippen LogP contribution in [0.15, 0.2) is 12.1 Å². The van der Waals surface area contributed by atoms with Crippen LogP contribution in [0.4, 0.5) is 0 Å². The maximum absolute atomic E-state index is 12.1. The van der Waals surface area contributed by atoms with E-state index in [1.807, 2.05) is 13.0 Å². The Morgan fingerprint density at radius 2 is 1.61 bits per heavy atom. The number of hydrogen-bond acceptors (Lipinski definition) is 3. The number of hydrogen-bond donors (Lipinski definition) is 1. The lowest BCUT2D eigenvalue weighted by Crippen LogP contribution is -2.23. The van der Waals surface area contributed by atoms with Crippen LogP contribution in [-0.4, -0.2) is 26.7 Å². The smallest absolute Gasteiger partial charge is 0.255 e. The Labute approximate surface area is 140 Å². The van der Waals surface area contributed by atoms with Crippen LogP contribution in [0.25, 0.3) is 0 Å². The average Bonchev–Trinajstić information content (AvgIpc) is 2.57. The van der Waals surface area contributed by atoms with Gasteiger partial charge in [-0.15, -0.1) is 0 Å². The van der Waals surface area contributed by atoms with Gasteiger partial charge in [-0.05, 0) is 37.5 Å². The molecule has 0 fully saturated rings. The summed E-state index contributed by atoms with van der Waals surface area (Å²) in [6.07, 6.45) is 8.48. The monoisotopic (exact) mass is 321 g/mol. The molecule has 0 saturated carbocycles. The maximum Gasteiger partial charge on any atom is 0.255 e. The standard InChI is InChI=1S/C19H31NO3/c1-5-7-8-9-10-11-12-15-13-18(23-4)16(14-17(15)22-3)19(21)20-6-2/h13-14H,5-12H2,1-4H3,(H,20,21). The van der Waals surface area contributed by atoms with E-state index in [0.29, 0.717) is 17.9 Å². The minimum atomic E-state index is -0.131. The van der Waals surface area contributed by atoms with Crippen LogP contribution in [0, 0.1) is 0 Å². The minimum absolute atomic E-state index is 0.131. The summed E-state index contributed by atoms with van der Waals surface area (Å²) < 4.78 is 10.9. The highest BCUT2D eigenvalue weighted by Crippen LogP contribution is 2.30. The Balaban J connectivity index is 2.77. The van der Waals surface area contributed by atoms with Crippen LogP contribution in [-0.2, 0) is 6.42 Å². The second-order valence-electron chi connectivity index (χ2n) is 5.74. The minimum Gasteiger partial charge on any atom is -0.496 e. The molecule has 0 saturated heterocycles. The summed E-state index contributed by atoms with van der Waals surface area (Å²) in [7, 11) is 3.24. The zero-order valence-electron chi connectivity index (χ0n) is 15.0. The molecule has 1 N–H and O–H groups in total. The summed E-state index contributed by atoms with van der Waals surface area (Å²) >= 11 is 0. The third kappa shape index (κ3) is 6.12. The van der Waals surface area contributed by atoms with Crippen molar-refractivity contribution in [2.24, 2.45) is 0 Å². The van der Waals surface area contributed by atoms with E-state index in [-0.39, 0.29) is 5.91 Å². The molecular weight excluding hydrogens is 290 g/mol. The quantitative estimate of drug-likeness (QED) is 0.616. The lowest BCUT2D eigenvalue weighted by atomic mass is 10.0. The number of rotatable bonds is 11. The van der Waals surface area contributed by atoms with Gasteiger partial charge in [0.2, 0.25) is 0 Å². The third-order valence-corrected chi connectivity index (χ3v) is 3.98. The van der Waals surface area contributed by atoms with Crippen molar-refractivity contribution >= 4 is 5.91 Å². The van der Waals surface area contributed by atoms with Gasteiger partial charge < -0.3 is 14.8 Å². The predicted octanol–water partition coefficient (Wildman–Crippen LogP) is 4.36. The highest BCUT2D eigenvalue weighted by Gasteiger charge is 2.16. The lowest BCUT2D eigenvalue weighted by molar-refractivity contribution is 0.0952. The molecule has 130 valence electrons. The van der Waals surface area contributed by atoms with Gasteiger partial charge in [0, 0.05) is 6.54 Å². The molecule has 23 heavy (non-hydrogen) atoms. The molecule has 0 aromatic heterocycles. The molecule has 1 aromatic carbocycles. The number of unbranched alkanes of at least 4 members (excludes halogenated alkanes) is 5. The Morgan fingerprint density at radius 1 is 0.957 bits per heavy atom. The van der Waals surface area contributed by atoms with Gasteiger partial charge in [-0.25, -0.2) is 0 Å². The molecule has 0 radical (unpaired) electrons. The van der Waals surface area contributed by atoms with Gasteiger partial charge >= 0.3 is 0 Å². The molecule has 1 amide bonds. The van der Waals surface area contributed by atoms with Crippen molar-refractivity contribution in [1.29, 1.82) is 0 Å². The second-order valence-corrected chi connectivity index (χ2v) is 5.74. The first-order valence-corrected chi connectivity index (χ1v) is 8.70. The summed E-state index contributed by atoms with van der Waals surface area (Å²) in [6.45, 7) is 4.71. The van der Waals surface area contributed by atoms with Crippen LogP contribution < -0.4 is 14.8 Å². The molecule has 0 unspecified atom stereocenters. The van der Waals surface area contributed by atoms with E-state index in [1.165, 1.54) is 32.1 Å². The first-order valence-electron chi connectivity index (χ1n) is 8.70. The Morgan fingerprint density at radius 3 is 2.22 bits per heavy atom. The number of carbonyl (C=O) groups excluding carboxylic acids is 1. The molecule has 4 heteroatoms.